The molecule has 1 aliphatic carbocycles. The molecule has 0 aliphatic heterocycles. The van der Waals surface area contributed by atoms with Crippen molar-refractivity contribution in [2.45, 2.75) is 51.4 Å². The number of Topliss-reactive ketones (excluding diaryl/α,β-unsaturated/α-hetero) is 1. The highest BCUT2D eigenvalue weighted by Crippen LogP contribution is 2.32. The number of hydrogen-bond donors (Lipinski definition) is 1. The molecule has 29 heavy (non-hydrogen) atoms. The monoisotopic (exact) mass is 393 g/mol. The van der Waals surface area contributed by atoms with Crippen LogP contribution in [0.5, 0.6) is 0 Å². The second-order valence-electron chi connectivity index (χ2n) is 7.60. The van der Waals surface area contributed by atoms with Gasteiger partial charge in [-0.3, -0.25) is 14.4 Å². The Kier molecular flexibility index (Phi) is 7.17. The summed E-state index contributed by atoms with van der Waals surface area (Å²) in [7, 11) is 0. The topological polar surface area (TPSA) is 72.5 Å². The molecule has 0 bridgehead atoms. The van der Waals surface area contributed by atoms with Crippen molar-refractivity contribution in [3.8, 4) is 0 Å². The maximum atomic E-state index is 12.3. The highest BCUT2D eigenvalue weighted by Gasteiger charge is 2.16. The maximum Gasteiger partial charge on any atom is 0.310 e. The van der Waals surface area contributed by atoms with E-state index in [-0.39, 0.29) is 24.7 Å². The molecule has 3 rings (SSSR count). The van der Waals surface area contributed by atoms with Crippen LogP contribution >= 0.6 is 0 Å². The Bertz CT molecular complexity index is 849. The summed E-state index contributed by atoms with van der Waals surface area (Å²) < 4.78 is 5.15. The molecular weight excluding hydrogens is 366 g/mol. The molecule has 1 fully saturated rings. The molecule has 0 spiro atoms. The Hall–Kier alpha value is -2.95. The summed E-state index contributed by atoms with van der Waals surface area (Å²) in [5.41, 5.74) is 3.29. The molecular formula is C24H27NO4. The van der Waals surface area contributed by atoms with Gasteiger partial charge in [-0.25, -0.2) is 0 Å². The summed E-state index contributed by atoms with van der Waals surface area (Å²) >= 11 is 0. The summed E-state index contributed by atoms with van der Waals surface area (Å²) in [5, 5.41) is 2.67. The van der Waals surface area contributed by atoms with Crippen LogP contribution in [0.1, 0.15) is 66.4 Å². The van der Waals surface area contributed by atoms with E-state index in [2.05, 4.69) is 5.32 Å². The van der Waals surface area contributed by atoms with Gasteiger partial charge in [0.05, 0.1) is 6.42 Å². The fourth-order valence-corrected chi connectivity index (χ4v) is 3.73. The van der Waals surface area contributed by atoms with E-state index in [0.29, 0.717) is 17.2 Å². The van der Waals surface area contributed by atoms with Crippen LogP contribution in [0.2, 0.25) is 0 Å². The van der Waals surface area contributed by atoms with E-state index < -0.39 is 5.97 Å². The second kappa shape index (κ2) is 10.0. The number of carbonyl (C=O) groups is 3. The van der Waals surface area contributed by atoms with Gasteiger partial charge in [0.15, 0.2) is 12.4 Å². The molecule has 1 amide bonds. The SMILES string of the molecule is CC(=O)Nc1ccc(CC(=O)OCC(=O)c2ccc(C3CCCCC3)cc2)cc1. The van der Waals surface area contributed by atoms with Crippen LogP contribution < -0.4 is 5.32 Å². The van der Waals surface area contributed by atoms with E-state index in [1.54, 1.807) is 24.3 Å². The minimum absolute atomic E-state index is 0.0776. The van der Waals surface area contributed by atoms with Crippen LogP contribution in [0.25, 0.3) is 0 Å². The van der Waals surface area contributed by atoms with Gasteiger partial charge < -0.3 is 10.1 Å². The third-order valence-corrected chi connectivity index (χ3v) is 5.30. The summed E-state index contributed by atoms with van der Waals surface area (Å²) in [4.78, 5) is 35.4. The van der Waals surface area contributed by atoms with Crippen molar-refractivity contribution >= 4 is 23.3 Å². The highest BCUT2D eigenvalue weighted by molar-refractivity contribution is 5.98. The predicted molar refractivity (Wildman–Crippen MR) is 112 cm³/mol. The van der Waals surface area contributed by atoms with E-state index in [4.69, 9.17) is 4.74 Å². The zero-order chi connectivity index (χ0) is 20.6. The van der Waals surface area contributed by atoms with Crippen molar-refractivity contribution in [3.63, 3.8) is 0 Å². The molecule has 0 unspecified atom stereocenters. The number of hydrogen-bond acceptors (Lipinski definition) is 4. The van der Waals surface area contributed by atoms with Crippen LogP contribution in [-0.4, -0.2) is 24.3 Å². The highest BCUT2D eigenvalue weighted by atomic mass is 16.5. The normalized spacial score (nSPS) is 14.2. The molecule has 1 N–H and O–H groups in total. The lowest BCUT2D eigenvalue weighted by atomic mass is 9.84. The van der Waals surface area contributed by atoms with Gasteiger partial charge in [0.25, 0.3) is 0 Å². The Morgan fingerprint density at radius 3 is 2.21 bits per heavy atom. The van der Waals surface area contributed by atoms with Crippen molar-refractivity contribution in [1.29, 1.82) is 0 Å². The van der Waals surface area contributed by atoms with Crippen molar-refractivity contribution in [1.82, 2.24) is 0 Å². The number of ketones is 1. The van der Waals surface area contributed by atoms with Crippen LogP contribution in [0.3, 0.4) is 0 Å². The Morgan fingerprint density at radius 1 is 0.931 bits per heavy atom. The quantitative estimate of drug-likeness (QED) is 0.548. The molecule has 2 aromatic carbocycles. The van der Waals surface area contributed by atoms with Crippen LogP contribution in [0, 0.1) is 0 Å². The lowest BCUT2D eigenvalue weighted by Crippen LogP contribution is -2.16. The van der Waals surface area contributed by atoms with E-state index in [9.17, 15) is 14.4 Å². The standard InChI is InChI=1S/C24H27NO4/c1-17(26)25-22-13-7-18(8-14-22)15-24(28)29-16-23(27)21-11-9-20(10-12-21)19-5-3-2-4-6-19/h7-14,19H,2-6,15-16H2,1H3,(H,25,26). The fourth-order valence-electron chi connectivity index (χ4n) is 3.73. The van der Waals surface area contributed by atoms with Gasteiger partial charge in [-0.2, -0.15) is 0 Å². The number of rotatable bonds is 7. The van der Waals surface area contributed by atoms with Crippen LogP contribution in [0.15, 0.2) is 48.5 Å². The molecule has 1 aliphatic rings. The van der Waals surface area contributed by atoms with E-state index >= 15 is 0 Å². The lowest BCUT2D eigenvalue weighted by molar-refractivity contribution is -0.141. The van der Waals surface area contributed by atoms with Gasteiger partial charge in [-0.1, -0.05) is 55.7 Å². The summed E-state index contributed by atoms with van der Waals surface area (Å²) in [6, 6.07) is 14.7. The largest absolute Gasteiger partial charge is 0.457 e. The first-order valence-electron chi connectivity index (χ1n) is 10.2. The third kappa shape index (κ3) is 6.28. The number of benzene rings is 2. The minimum atomic E-state index is -0.454. The van der Waals surface area contributed by atoms with Crippen LogP contribution in [-0.2, 0) is 20.7 Å². The van der Waals surface area contributed by atoms with Crippen molar-refractivity contribution in [2.24, 2.45) is 0 Å². The number of nitrogens with one attached hydrogen (secondary N) is 1. The molecule has 2 aromatic rings. The van der Waals surface area contributed by atoms with E-state index in [0.717, 1.165) is 5.56 Å². The van der Waals surface area contributed by atoms with Crippen molar-refractivity contribution in [3.05, 3.63) is 65.2 Å². The first-order valence-corrected chi connectivity index (χ1v) is 10.2. The van der Waals surface area contributed by atoms with Gasteiger partial charge in [0.1, 0.15) is 0 Å². The molecule has 0 heterocycles. The molecule has 5 nitrogen and oxygen atoms in total. The smallest absolute Gasteiger partial charge is 0.310 e. The lowest BCUT2D eigenvalue weighted by Gasteiger charge is -2.22. The number of anilines is 1. The second-order valence-corrected chi connectivity index (χ2v) is 7.60. The number of ether oxygens (including phenoxy) is 1. The van der Waals surface area contributed by atoms with Crippen LogP contribution in [0.4, 0.5) is 5.69 Å². The molecule has 0 saturated heterocycles. The molecule has 152 valence electrons. The Morgan fingerprint density at radius 2 is 1.59 bits per heavy atom. The summed E-state index contributed by atoms with van der Waals surface area (Å²) in [5.74, 6) is -0.204. The first kappa shape index (κ1) is 20.8. The van der Waals surface area contributed by atoms with Crippen molar-refractivity contribution in [2.75, 3.05) is 11.9 Å². The average molecular weight is 393 g/mol. The first-order chi connectivity index (χ1) is 14.0. The molecule has 0 radical (unpaired) electrons. The third-order valence-electron chi connectivity index (χ3n) is 5.30. The van der Waals surface area contributed by atoms with Gasteiger partial charge in [0.2, 0.25) is 5.91 Å². The van der Waals surface area contributed by atoms with Gasteiger partial charge in [0, 0.05) is 18.2 Å². The molecule has 1 saturated carbocycles. The summed E-state index contributed by atoms with van der Waals surface area (Å²) in [6.07, 6.45) is 6.38. The maximum absolute atomic E-state index is 12.3. The fraction of sp³-hybridized carbons (Fsp3) is 0.375. The predicted octanol–water partition coefficient (Wildman–Crippen LogP) is 4.66. The van der Waals surface area contributed by atoms with E-state index in [1.807, 2.05) is 24.3 Å². The van der Waals surface area contributed by atoms with Gasteiger partial charge in [-0.05, 0) is 42.0 Å². The van der Waals surface area contributed by atoms with Crippen molar-refractivity contribution < 1.29 is 19.1 Å². The zero-order valence-corrected chi connectivity index (χ0v) is 16.8. The zero-order valence-electron chi connectivity index (χ0n) is 16.8. The summed E-state index contributed by atoms with van der Waals surface area (Å²) in [6.45, 7) is 1.18. The number of amides is 1. The Labute approximate surface area is 171 Å². The number of carbonyl (C=O) groups excluding carboxylic acids is 3. The molecule has 0 atom stereocenters. The molecule has 5 heteroatoms. The average Bonchev–Trinajstić information content (AvgIpc) is 2.74. The molecule has 0 aromatic heterocycles. The van der Waals surface area contributed by atoms with Gasteiger partial charge in [-0.15, -0.1) is 0 Å². The minimum Gasteiger partial charge on any atom is -0.457 e. The number of esters is 1. The van der Waals surface area contributed by atoms with E-state index in [1.165, 1.54) is 44.6 Å². The Balaban J connectivity index is 1.47. The van der Waals surface area contributed by atoms with Gasteiger partial charge >= 0.3 is 5.97 Å².